The number of hydrogen-bond donors (Lipinski definition) is 2. The Morgan fingerprint density at radius 2 is 1.64 bits per heavy atom. The molecule has 3 rings (SSSR count). The van der Waals surface area contributed by atoms with Crippen molar-refractivity contribution < 1.29 is 18.0 Å². The summed E-state index contributed by atoms with van der Waals surface area (Å²) in [7, 11) is 1.59. The third-order valence-corrected chi connectivity index (χ3v) is 6.02. The van der Waals surface area contributed by atoms with E-state index in [1.54, 1.807) is 7.05 Å². The van der Waals surface area contributed by atoms with Crippen LogP contribution in [-0.2, 0) is 17.4 Å². The maximum absolute atomic E-state index is 12.9. The fourth-order valence-corrected chi connectivity index (χ4v) is 3.83. The number of likely N-dealkylation sites (N-methyl/N-ethyl adjacent to an activating group) is 1. The van der Waals surface area contributed by atoms with E-state index in [0.717, 1.165) is 34.4 Å². The van der Waals surface area contributed by atoms with Crippen LogP contribution in [0.3, 0.4) is 0 Å². The van der Waals surface area contributed by atoms with Crippen LogP contribution in [0.5, 0.6) is 0 Å². The smallest absolute Gasteiger partial charge is 0.358 e. The number of alkyl halides is 3. The maximum Gasteiger partial charge on any atom is 0.416 e. The molecule has 2 N–H and O–H groups in total. The van der Waals surface area contributed by atoms with Crippen LogP contribution in [0.4, 0.5) is 13.2 Å². The highest BCUT2D eigenvalue weighted by atomic mass is 35.5. The summed E-state index contributed by atoms with van der Waals surface area (Å²) in [6.45, 7) is 1.91. The minimum atomic E-state index is -4.36. The van der Waals surface area contributed by atoms with Crippen molar-refractivity contribution in [2.75, 3.05) is 7.05 Å². The number of halogens is 4. The number of amides is 1. The first-order chi connectivity index (χ1) is 15.7. The van der Waals surface area contributed by atoms with Crippen molar-refractivity contribution in [3.63, 3.8) is 0 Å². The number of hydrogen-bond acceptors (Lipinski definition) is 2. The summed E-state index contributed by atoms with van der Waals surface area (Å²) < 4.78 is 38.6. The Morgan fingerprint density at radius 1 is 0.970 bits per heavy atom. The predicted octanol–water partition coefficient (Wildman–Crippen LogP) is 6.42. The minimum Gasteiger partial charge on any atom is -0.358 e. The van der Waals surface area contributed by atoms with Crippen LogP contribution < -0.4 is 10.6 Å². The largest absolute Gasteiger partial charge is 0.416 e. The Hall–Kier alpha value is -2.83. The number of carbonyl (C=O) groups excluding carboxylic acids is 1. The Balaban J connectivity index is 1.87. The topological polar surface area (TPSA) is 41.1 Å². The summed E-state index contributed by atoms with van der Waals surface area (Å²) in [5, 5.41) is 6.81. The molecule has 3 aromatic carbocycles. The number of benzene rings is 3. The van der Waals surface area contributed by atoms with E-state index in [1.165, 1.54) is 12.1 Å². The summed E-state index contributed by atoms with van der Waals surface area (Å²) in [4.78, 5) is 12.7. The summed E-state index contributed by atoms with van der Waals surface area (Å²) in [6, 6.07) is 19.5. The van der Waals surface area contributed by atoms with E-state index >= 15 is 0 Å². The van der Waals surface area contributed by atoms with Gasteiger partial charge in [-0.05, 0) is 60.2 Å². The molecule has 0 fully saturated rings. The van der Waals surface area contributed by atoms with Gasteiger partial charge in [0, 0.05) is 18.1 Å². The normalized spacial score (nSPS) is 13.4. The quantitative estimate of drug-likeness (QED) is 0.395. The standard InChI is InChI=1S/C26H26ClF3N2O/c1-17-16-20(11-14-22(17)27)23(15-10-18-8-12-21(13-9-18)26(28,29)30)32-24(25(33)31-2)19-6-4-3-5-7-19/h3-9,11-14,16,23-24,32H,10,15H2,1-2H3,(H,31,33)/t23-,24-/m0/s1. The molecule has 0 unspecified atom stereocenters. The van der Waals surface area contributed by atoms with E-state index in [1.807, 2.05) is 55.5 Å². The van der Waals surface area contributed by atoms with Gasteiger partial charge in [-0.15, -0.1) is 0 Å². The number of aryl methyl sites for hydroxylation is 2. The molecule has 0 saturated heterocycles. The van der Waals surface area contributed by atoms with Crippen LogP contribution in [0.15, 0.2) is 72.8 Å². The van der Waals surface area contributed by atoms with Crippen LogP contribution >= 0.6 is 11.6 Å². The van der Waals surface area contributed by atoms with Crippen molar-refractivity contribution in [1.82, 2.24) is 10.6 Å². The van der Waals surface area contributed by atoms with Gasteiger partial charge in [-0.1, -0.05) is 66.2 Å². The zero-order valence-electron chi connectivity index (χ0n) is 18.4. The molecule has 0 saturated carbocycles. The van der Waals surface area contributed by atoms with Crippen molar-refractivity contribution in [3.05, 3.63) is 106 Å². The fourth-order valence-electron chi connectivity index (χ4n) is 3.72. The molecule has 1 amide bonds. The van der Waals surface area contributed by atoms with Gasteiger partial charge in [0.1, 0.15) is 6.04 Å². The molecule has 0 radical (unpaired) electrons. The van der Waals surface area contributed by atoms with Gasteiger partial charge in [-0.25, -0.2) is 0 Å². The Kier molecular flexibility index (Phi) is 8.16. The number of rotatable bonds is 8. The lowest BCUT2D eigenvalue weighted by molar-refractivity contribution is -0.137. The number of nitrogens with one attached hydrogen (secondary N) is 2. The zero-order chi connectivity index (χ0) is 24.0. The fraction of sp³-hybridized carbons (Fsp3) is 0.269. The first-order valence-corrected chi connectivity index (χ1v) is 11.0. The van der Waals surface area contributed by atoms with Gasteiger partial charge in [0.05, 0.1) is 5.56 Å². The summed E-state index contributed by atoms with van der Waals surface area (Å²) in [5.41, 5.74) is 2.80. The molecule has 174 valence electrons. The van der Waals surface area contributed by atoms with Gasteiger partial charge in [0.2, 0.25) is 5.91 Å². The van der Waals surface area contributed by atoms with Crippen molar-refractivity contribution >= 4 is 17.5 Å². The lowest BCUT2D eigenvalue weighted by Crippen LogP contribution is -2.38. The van der Waals surface area contributed by atoms with Gasteiger partial charge >= 0.3 is 6.18 Å². The van der Waals surface area contributed by atoms with Crippen molar-refractivity contribution in [2.45, 2.75) is 38.0 Å². The van der Waals surface area contributed by atoms with Crippen LogP contribution in [0.25, 0.3) is 0 Å². The third kappa shape index (κ3) is 6.59. The molecule has 0 aromatic heterocycles. The second-order valence-electron chi connectivity index (χ2n) is 7.92. The molecule has 33 heavy (non-hydrogen) atoms. The third-order valence-electron chi connectivity index (χ3n) is 5.60. The highest BCUT2D eigenvalue weighted by Crippen LogP contribution is 2.30. The lowest BCUT2D eigenvalue weighted by atomic mass is 9.95. The Bertz CT molecular complexity index is 1070. The molecule has 0 spiro atoms. The minimum absolute atomic E-state index is 0.175. The molecule has 3 aromatic rings. The highest BCUT2D eigenvalue weighted by Gasteiger charge is 2.30. The van der Waals surface area contributed by atoms with Gasteiger partial charge in [0.15, 0.2) is 0 Å². The molecule has 0 aliphatic rings. The van der Waals surface area contributed by atoms with E-state index < -0.39 is 17.8 Å². The van der Waals surface area contributed by atoms with Crippen LogP contribution in [0.2, 0.25) is 5.02 Å². The van der Waals surface area contributed by atoms with E-state index in [4.69, 9.17) is 11.6 Å². The molecular weight excluding hydrogens is 449 g/mol. The van der Waals surface area contributed by atoms with Crippen LogP contribution in [-0.4, -0.2) is 13.0 Å². The molecule has 3 nitrogen and oxygen atoms in total. The monoisotopic (exact) mass is 474 g/mol. The van der Waals surface area contributed by atoms with Gasteiger partial charge in [0.25, 0.3) is 0 Å². The number of carbonyl (C=O) groups is 1. The molecule has 7 heteroatoms. The Morgan fingerprint density at radius 3 is 2.21 bits per heavy atom. The molecule has 0 aliphatic carbocycles. The summed E-state index contributed by atoms with van der Waals surface area (Å²) in [5.74, 6) is -0.175. The van der Waals surface area contributed by atoms with Crippen molar-refractivity contribution in [1.29, 1.82) is 0 Å². The van der Waals surface area contributed by atoms with Gasteiger partial charge < -0.3 is 5.32 Å². The lowest BCUT2D eigenvalue weighted by Gasteiger charge is -2.26. The van der Waals surface area contributed by atoms with Crippen molar-refractivity contribution in [2.24, 2.45) is 0 Å². The molecule has 0 heterocycles. The SMILES string of the molecule is CNC(=O)[C@@H](N[C@@H](CCc1ccc(C(F)(F)F)cc1)c1ccc(Cl)c(C)c1)c1ccccc1. The van der Waals surface area contributed by atoms with Crippen molar-refractivity contribution in [3.8, 4) is 0 Å². The zero-order valence-corrected chi connectivity index (χ0v) is 19.2. The average Bonchev–Trinajstić information content (AvgIpc) is 2.81. The first kappa shape index (κ1) is 24.8. The molecule has 2 atom stereocenters. The van der Waals surface area contributed by atoms with Gasteiger partial charge in [-0.2, -0.15) is 13.2 Å². The second-order valence-corrected chi connectivity index (χ2v) is 8.33. The van der Waals surface area contributed by atoms with Gasteiger partial charge in [-0.3, -0.25) is 10.1 Å². The highest BCUT2D eigenvalue weighted by molar-refractivity contribution is 6.31. The van der Waals surface area contributed by atoms with Crippen LogP contribution in [0.1, 0.15) is 46.3 Å². The predicted molar refractivity (Wildman–Crippen MR) is 125 cm³/mol. The van der Waals surface area contributed by atoms with E-state index in [2.05, 4.69) is 10.6 Å². The van der Waals surface area contributed by atoms with E-state index in [-0.39, 0.29) is 11.9 Å². The summed E-state index contributed by atoms with van der Waals surface area (Å²) >= 11 is 6.21. The second kappa shape index (κ2) is 10.9. The van der Waals surface area contributed by atoms with E-state index in [9.17, 15) is 18.0 Å². The van der Waals surface area contributed by atoms with E-state index in [0.29, 0.717) is 17.9 Å². The maximum atomic E-state index is 12.9. The first-order valence-electron chi connectivity index (χ1n) is 10.6. The molecular formula is C26H26ClF3N2O. The van der Waals surface area contributed by atoms with Crippen LogP contribution in [0, 0.1) is 6.92 Å². The summed E-state index contributed by atoms with van der Waals surface area (Å²) in [6.07, 6.45) is -3.25. The molecule has 0 aliphatic heterocycles. The Labute approximate surface area is 197 Å². The molecule has 0 bridgehead atoms. The average molecular weight is 475 g/mol.